The number of anilines is 1. The van der Waals surface area contributed by atoms with E-state index in [0.29, 0.717) is 21.6 Å². The SMILES string of the molecule is CN1C(=O)CN=C(c2ccccc2)c2cc(Cl)ccc21.CNC1=Nc2ccc(Cl)cc2C(c2ccccc2)=[N+]([O-])C1.Cl. The van der Waals surface area contributed by atoms with Gasteiger partial charge in [0.15, 0.2) is 5.84 Å². The van der Waals surface area contributed by atoms with E-state index in [1.165, 1.54) is 0 Å². The summed E-state index contributed by atoms with van der Waals surface area (Å²) in [6.07, 6.45) is 0. The third-order valence-corrected chi connectivity index (χ3v) is 7.19. The van der Waals surface area contributed by atoms with E-state index in [9.17, 15) is 10.0 Å². The predicted molar refractivity (Wildman–Crippen MR) is 175 cm³/mol. The zero-order valence-electron chi connectivity index (χ0n) is 22.9. The molecule has 0 aliphatic carbocycles. The first-order valence-electron chi connectivity index (χ1n) is 12.9. The number of nitrogens with zero attached hydrogens (tertiary/aromatic N) is 4. The van der Waals surface area contributed by atoms with Crippen molar-refractivity contribution in [3.63, 3.8) is 0 Å². The standard InChI is InChI=1S/C16H14ClN3O.C16H13ClN2O.ClH/c1-18-15-10-20(21)16(11-5-3-2-4-6-11)13-9-12(17)7-8-14(13)19-15;1-19-14-8-7-12(17)9-13(14)16(18-10-15(19)20)11-5-3-2-4-6-11;/h2-9H,10H2,1H3,(H,18,19);2-9H,10H2,1H3;1H. The molecule has 10 heteroatoms. The fourth-order valence-corrected chi connectivity index (χ4v) is 5.01. The summed E-state index contributed by atoms with van der Waals surface area (Å²) in [5.41, 5.74) is 6.43. The lowest BCUT2D eigenvalue weighted by atomic mass is 10.0. The van der Waals surface area contributed by atoms with Crippen LogP contribution in [0.1, 0.15) is 22.3 Å². The fourth-order valence-electron chi connectivity index (χ4n) is 4.66. The number of benzene rings is 4. The van der Waals surface area contributed by atoms with Crippen LogP contribution in [-0.2, 0) is 4.79 Å². The van der Waals surface area contributed by atoms with Crippen LogP contribution in [0.15, 0.2) is 107 Å². The first-order valence-corrected chi connectivity index (χ1v) is 13.7. The van der Waals surface area contributed by atoms with E-state index in [4.69, 9.17) is 23.2 Å². The second-order valence-corrected chi connectivity index (χ2v) is 10.2. The van der Waals surface area contributed by atoms with Gasteiger partial charge in [-0.1, -0.05) is 71.7 Å². The summed E-state index contributed by atoms with van der Waals surface area (Å²) in [7, 11) is 3.52. The highest BCUT2D eigenvalue weighted by Crippen LogP contribution is 2.29. The molecule has 4 aromatic rings. The van der Waals surface area contributed by atoms with Gasteiger partial charge in [0, 0.05) is 40.8 Å². The van der Waals surface area contributed by atoms with Crippen LogP contribution in [0.4, 0.5) is 11.4 Å². The minimum absolute atomic E-state index is 0. The van der Waals surface area contributed by atoms with Crippen LogP contribution in [0, 0.1) is 5.21 Å². The zero-order valence-corrected chi connectivity index (χ0v) is 25.2. The molecule has 0 spiro atoms. The van der Waals surface area contributed by atoms with Crippen molar-refractivity contribution in [2.45, 2.75) is 0 Å². The van der Waals surface area contributed by atoms with Crippen molar-refractivity contribution >= 4 is 70.1 Å². The molecule has 2 heterocycles. The number of halogens is 3. The van der Waals surface area contributed by atoms with E-state index < -0.39 is 0 Å². The molecule has 4 aromatic carbocycles. The molecule has 0 atom stereocenters. The van der Waals surface area contributed by atoms with Crippen LogP contribution < -0.4 is 10.2 Å². The molecule has 2 aliphatic rings. The minimum Gasteiger partial charge on any atom is -0.623 e. The molecule has 0 saturated heterocycles. The number of carbonyl (C=O) groups excluding carboxylic acids is 1. The Kier molecular flexibility index (Phi) is 10.0. The molecular weight excluding hydrogens is 593 g/mol. The van der Waals surface area contributed by atoms with Crippen LogP contribution in [0.3, 0.4) is 0 Å². The Labute approximate surface area is 260 Å². The van der Waals surface area contributed by atoms with E-state index in [1.54, 1.807) is 37.2 Å². The van der Waals surface area contributed by atoms with Crippen molar-refractivity contribution in [3.8, 4) is 0 Å². The number of amidine groups is 1. The number of amides is 1. The highest BCUT2D eigenvalue weighted by molar-refractivity contribution is 6.32. The maximum atomic E-state index is 12.6. The number of hydroxylamine groups is 1. The normalized spacial score (nSPS) is 14.1. The smallest absolute Gasteiger partial charge is 0.248 e. The van der Waals surface area contributed by atoms with E-state index in [0.717, 1.165) is 44.1 Å². The Morgan fingerprint density at radius 1 is 0.857 bits per heavy atom. The molecule has 1 amide bonds. The maximum Gasteiger partial charge on any atom is 0.248 e. The van der Waals surface area contributed by atoms with Crippen LogP contribution in [0.5, 0.6) is 0 Å². The number of likely N-dealkylation sites (N-methyl/N-ethyl adjacent to an activating group) is 2. The van der Waals surface area contributed by atoms with E-state index in [-0.39, 0.29) is 31.4 Å². The topological polar surface area (TPSA) is 83.1 Å². The molecule has 2 aliphatic heterocycles. The van der Waals surface area contributed by atoms with Gasteiger partial charge in [0.05, 0.1) is 22.6 Å². The van der Waals surface area contributed by atoms with Gasteiger partial charge in [-0.2, -0.15) is 4.74 Å². The van der Waals surface area contributed by atoms with Crippen molar-refractivity contribution < 1.29 is 9.53 Å². The Bertz CT molecular complexity index is 1690. The molecule has 0 bridgehead atoms. The molecule has 0 saturated carbocycles. The Morgan fingerprint density at radius 2 is 1.45 bits per heavy atom. The predicted octanol–water partition coefficient (Wildman–Crippen LogP) is 6.53. The van der Waals surface area contributed by atoms with Crippen molar-refractivity contribution in [3.05, 3.63) is 135 Å². The number of hydrogen-bond donors (Lipinski definition) is 1. The maximum absolute atomic E-state index is 12.6. The Balaban J connectivity index is 0.000000189. The summed E-state index contributed by atoms with van der Waals surface area (Å²) >= 11 is 12.2. The van der Waals surface area contributed by atoms with Gasteiger partial charge in [-0.05, 0) is 48.5 Å². The quantitative estimate of drug-likeness (QED) is 0.204. The number of carbonyl (C=O) groups is 1. The van der Waals surface area contributed by atoms with Gasteiger partial charge < -0.3 is 15.4 Å². The lowest BCUT2D eigenvalue weighted by Gasteiger charge is -2.18. The molecule has 0 radical (unpaired) electrons. The van der Waals surface area contributed by atoms with Crippen LogP contribution in [-0.4, -0.2) is 55.1 Å². The number of aliphatic imine (C=N–C) groups is 2. The largest absolute Gasteiger partial charge is 0.623 e. The summed E-state index contributed by atoms with van der Waals surface area (Å²) in [6, 6.07) is 30.3. The van der Waals surface area contributed by atoms with Gasteiger partial charge in [0.1, 0.15) is 6.54 Å². The van der Waals surface area contributed by atoms with Gasteiger partial charge in [-0.25, -0.2) is 4.99 Å². The van der Waals surface area contributed by atoms with E-state index >= 15 is 0 Å². The number of rotatable bonds is 2. The first kappa shape index (κ1) is 30.8. The fraction of sp³-hybridized carbons (Fsp3) is 0.125. The van der Waals surface area contributed by atoms with E-state index in [2.05, 4.69) is 15.3 Å². The molecular formula is C32H28Cl3N5O2. The summed E-state index contributed by atoms with van der Waals surface area (Å²) < 4.78 is 0.951. The van der Waals surface area contributed by atoms with Crippen molar-refractivity contribution in [1.82, 2.24) is 5.32 Å². The summed E-state index contributed by atoms with van der Waals surface area (Å²) in [4.78, 5) is 22.6. The molecule has 6 rings (SSSR count). The van der Waals surface area contributed by atoms with E-state index in [1.807, 2.05) is 78.9 Å². The van der Waals surface area contributed by atoms with Crippen molar-refractivity contribution in [2.24, 2.45) is 9.98 Å². The van der Waals surface area contributed by atoms with Crippen molar-refractivity contribution in [1.29, 1.82) is 0 Å². The number of hydrogen-bond acceptors (Lipinski definition) is 5. The minimum atomic E-state index is -0.0282. The number of fused-ring (bicyclic) bond motifs is 2. The second kappa shape index (κ2) is 13.7. The molecule has 1 N–H and O–H groups in total. The first-order chi connectivity index (χ1) is 19.9. The summed E-state index contributed by atoms with van der Waals surface area (Å²) in [6.45, 7) is 0.319. The van der Waals surface area contributed by atoms with Gasteiger partial charge in [-0.15, -0.1) is 12.4 Å². The van der Waals surface area contributed by atoms with Gasteiger partial charge in [-0.3, -0.25) is 9.79 Å². The highest BCUT2D eigenvalue weighted by atomic mass is 35.5. The van der Waals surface area contributed by atoms with Gasteiger partial charge in [0.25, 0.3) is 0 Å². The number of benzodiazepines with no additional fused rings is 1. The Hall–Kier alpha value is -4.17. The number of nitrogens with one attached hydrogen (secondary N) is 1. The third-order valence-electron chi connectivity index (χ3n) is 6.72. The molecule has 214 valence electrons. The van der Waals surface area contributed by atoms with Crippen LogP contribution in [0.2, 0.25) is 10.0 Å². The van der Waals surface area contributed by atoms with Gasteiger partial charge >= 0.3 is 0 Å². The zero-order chi connectivity index (χ0) is 28.9. The van der Waals surface area contributed by atoms with Crippen LogP contribution in [0.25, 0.3) is 0 Å². The monoisotopic (exact) mass is 619 g/mol. The molecule has 0 aromatic heterocycles. The third kappa shape index (κ3) is 6.65. The Morgan fingerprint density at radius 3 is 2.10 bits per heavy atom. The van der Waals surface area contributed by atoms with Gasteiger partial charge in [0.2, 0.25) is 18.2 Å². The van der Waals surface area contributed by atoms with Crippen LogP contribution >= 0.6 is 35.6 Å². The summed E-state index contributed by atoms with van der Waals surface area (Å²) in [5.74, 6) is 0.596. The average molecular weight is 621 g/mol. The average Bonchev–Trinajstić information content (AvgIpc) is 3.20. The molecule has 42 heavy (non-hydrogen) atoms. The molecule has 0 unspecified atom stereocenters. The molecule has 0 fully saturated rings. The van der Waals surface area contributed by atoms with Crippen molar-refractivity contribution in [2.75, 3.05) is 32.1 Å². The summed E-state index contributed by atoms with van der Waals surface area (Å²) in [5, 5.41) is 16.8. The molecule has 7 nitrogen and oxygen atoms in total. The lowest BCUT2D eigenvalue weighted by Crippen LogP contribution is -2.29. The highest BCUT2D eigenvalue weighted by Gasteiger charge is 2.25. The second-order valence-electron chi connectivity index (χ2n) is 9.37. The lowest BCUT2D eigenvalue weighted by molar-refractivity contribution is -0.439.